The number of Topliss-reactive ketones (excluding diaryl/α,β-unsaturated/α-hetero) is 1. The first-order valence-electron chi connectivity index (χ1n) is 5.88. The minimum atomic E-state index is 0.0677. The lowest BCUT2D eigenvalue weighted by Crippen LogP contribution is -2.20. The summed E-state index contributed by atoms with van der Waals surface area (Å²) in [7, 11) is 2.05. The predicted octanol–water partition coefficient (Wildman–Crippen LogP) is 2.91. The third-order valence-corrected chi connectivity index (χ3v) is 2.61. The van der Waals surface area contributed by atoms with Gasteiger partial charge in [-0.2, -0.15) is 0 Å². The molecule has 0 amide bonds. The van der Waals surface area contributed by atoms with E-state index in [9.17, 15) is 4.79 Å². The van der Waals surface area contributed by atoms with Crippen LogP contribution in [0, 0.1) is 0 Å². The molecule has 1 fully saturated rings. The SMILES string of the molecule is CC.CC(=O)c1ccc(N(C)C2CC2)nc1. The van der Waals surface area contributed by atoms with Crippen molar-refractivity contribution in [1.82, 2.24) is 4.98 Å². The van der Waals surface area contributed by atoms with E-state index in [2.05, 4.69) is 9.88 Å². The molecule has 88 valence electrons. The summed E-state index contributed by atoms with van der Waals surface area (Å²) in [6.07, 6.45) is 4.16. The van der Waals surface area contributed by atoms with Gasteiger partial charge in [-0.25, -0.2) is 4.98 Å². The van der Waals surface area contributed by atoms with Crippen molar-refractivity contribution in [2.75, 3.05) is 11.9 Å². The van der Waals surface area contributed by atoms with Crippen LogP contribution in [-0.2, 0) is 0 Å². The van der Waals surface area contributed by atoms with E-state index in [0.29, 0.717) is 11.6 Å². The van der Waals surface area contributed by atoms with E-state index in [4.69, 9.17) is 0 Å². The number of rotatable bonds is 3. The molecule has 0 aliphatic heterocycles. The monoisotopic (exact) mass is 220 g/mol. The summed E-state index contributed by atoms with van der Waals surface area (Å²) in [5.74, 6) is 1.02. The molecule has 3 nitrogen and oxygen atoms in total. The van der Waals surface area contributed by atoms with Crippen LogP contribution in [0.25, 0.3) is 0 Å². The lowest BCUT2D eigenvalue weighted by atomic mass is 10.2. The maximum atomic E-state index is 11.0. The molecule has 1 aromatic rings. The summed E-state index contributed by atoms with van der Waals surface area (Å²) >= 11 is 0. The first-order chi connectivity index (χ1) is 7.68. The maximum Gasteiger partial charge on any atom is 0.161 e. The van der Waals surface area contributed by atoms with Gasteiger partial charge in [0.15, 0.2) is 5.78 Å². The molecular formula is C13H20N2O. The quantitative estimate of drug-likeness (QED) is 0.734. The van der Waals surface area contributed by atoms with E-state index in [0.717, 1.165) is 5.82 Å². The van der Waals surface area contributed by atoms with Gasteiger partial charge in [-0.05, 0) is 31.9 Å². The standard InChI is InChI=1S/C11H14N2O.C2H6/c1-8(14)9-3-6-11(12-7-9)13(2)10-4-5-10;1-2/h3,6-7,10H,4-5H2,1-2H3;1-2H3. The lowest BCUT2D eigenvalue weighted by Gasteiger charge is -2.16. The molecule has 0 aromatic carbocycles. The van der Waals surface area contributed by atoms with Crippen molar-refractivity contribution in [3.8, 4) is 0 Å². The molecule has 2 rings (SSSR count). The molecule has 1 aromatic heterocycles. The summed E-state index contributed by atoms with van der Waals surface area (Å²) in [5.41, 5.74) is 0.679. The van der Waals surface area contributed by atoms with Crippen molar-refractivity contribution in [1.29, 1.82) is 0 Å². The molecule has 0 bridgehead atoms. The molecule has 1 heterocycles. The second-order valence-electron chi connectivity index (χ2n) is 3.80. The summed E-state index contributed by atoms with van der Waals surface area (Å²) in [4.78, 5) is 17.5. The minimum absolute atomic E-state index is 0.0677. The Kier molecular flexibility index (Phi) is 4.47. The first kappa shape index (κ1) is 12.7. The zero-order chi connectivity index (χ0) is 12.1. The smallest absolute Gasteiger partial charge is 0.161 e. The number of hydrogen-bond acceptors (Lipinski definition) is 3. The van der Waals surface area contributed by atoms with Gasteiger partial charge in [0.05, 0.1) is 0 Å². The van der Waals surface area contributed by atoms with Gasteiger partial charge < -0.3 is 4.90 Å². The Morgan fingerprint density at radius 1 is 1.38 bits per heavy atom. The third kappa shape index (κ3) is 3.05. The fourth-order valence-corrected chi connectivity index (χ4v) is 1.45. The molecular weight excluding hydrogens is 200 g/mol. The Labute approximate surface area is 97.5 Å². The van der Waals surface area contributed by atoms with Gasteiger partial charge in [-0.3, -0.25) is 4.79 Å². The summed E-state index contributed by atoms with van der Waals surface area (Å²) in [5, 5.41) is 0. The van der Waals surface area contributed by atoms with Gasteiger partial charge >= 0.3 is 0 Å². The molecule has 3 heteroatoms. The van der Waals surface area contributed by atoms with E-state index in [1.54, 1.807) is 13.1 Å². The summed E-state index contributed by atoms with van der Waals surface area (Å²) < 4.78 is 0. The number of aromatic nitrogens is 1. The maximum absolute atomic E-state index is 11.0. The highest BCUT2D eigenvalue weighted by Crippen LogP contribution is 2.28. The molecule has 0 unspecified atom stereocenters. The minimum Gasteiger partial charge on any atom is -0.357 e. The Morgan fingerprint density at radius 3 is 2.38 bits per heavy atom. The second kappa shape index (κ2) is 5.64. The fourth-order valence-electron chi connectivity index (χ4n) is 1.45. The van der Waals surface area contributed by atoms with E-state index < -0.39 is 0 Å². The molecule has 0 radical (unpaired) electrons. The Morgan fingerprint density at radius 2 is 2.00 bits per heavy atom. The number of pyridine rings is 1. The van der Waals surface area contributed by atoms with Gasteiger partial charge in [0.25, 0.3) is 0 Å². The molecule has 0 spiro atoms. The molecule has 16 heavy (non-hydrogen) atoms. The number of carbonyl (C=O) groups is 1. The largest absolute Gasteiger partial charge is 0.357 e. The van der Waals surface area contributed by atoms with Crippen LogP contribution in [-0.4, -0.2) is 23.9 Å². The Bertz CT molecular complexity index is 341. The summed E-state index contributed by atoms with van der Waals surface area (Å²) in [6, 6.07) is 4.41. The Hall–Kier alpha value is -1.38. The highest BCUT2D eigenvalue weighted by Gasteiger charge is 2.26. The average molecular weight is 220 g/mol. The van der Waals surface area contributed by atoms with Crippen LogP contribution >= 0.6 is 0 Å². The summed E-state index contributed by atoms with van der Waals surface area (Å²) in [6.45, 7) is 5.56. The van der Waals surface area contributed by atoms with Gasteiger partial charge in [0, 0.05) is 24.8 Å². The number of ketones is 1. The van der Waals surface area contributed by atoms with Crippen molar-refractivity contribution in [3.05, 3.63) is 23.9 Å². The molecule has 1 saturated carbocycles. The highest BCUT2D eigenvalue weighted by atomic mass is 16.1. The van der Waals surface area contributed by atoms with E-state index in [1.807, 2.05) is 33.0 Å². The van der Waals surface area contributed by atoms with Crippen LogP contribution < -0.4 is 4.90 Å². The number of carbonyl (C=O) groups excluding carboxylic acids is 1. The zero-order valence-corrected chi connectivity index (χ0v) is 10.5. The lowest BCUT2D eigenvalue weighted by molar-refractivity contribution is 0.101. The molecule has 0 atom stereocenters. The van der Waals surface area contributed by atoms with Crippen LogP contribution in [0.3, 0.4) is 0 Å². The van der Waals surface area contributed by atoms with Crippen LogP contribution in [0.15, 0.2) is 18.3 Å². The fraction of sp³-hybridized carbons (Fsp3) is 0.538. The van der Waals surface area contributed by atoms with Crippen molar-refractivity contribution < 1.29 is 4.79 Å². The molecule has 0 N–H and O–H groups in total. The predicted molar refractivity (Wildman–Crippen MR) is 67.0 cm³/mol. The van der Waals surface area contributed by atoms with Crippen molar-refractivity contribution in [2.45, 2.75) is 39.7 Å². The topological polar surface area (TPSA) is 33.2 Å². The van der Waals surface area contributed by atoms with E-state index in [1.165, 1.54) is 12.8 Å². The van der Waals surface area contributed by atoms with Gasteiger partial charge in [-0.15, -0.1) is 0 Å². The molecule has 1 aliphatic rings. The van der Waals surface area contributed by atoms with Gasteiger partial charge in [0.1, 0.15) is 5.82 Å². The van der Waals surface area contributed by atoms with E-state index >= 15 is 0 Å². The normalized spacial score (nSPS) is 13.8. The molecule has 1 aliphatic carbocycles. The second-order valence-corrected chi connectivity index (χ2v) is 3.80. The van der Waals surface area contributed by atoms with Gasteiger partial charge in [-0.1, -0.05) is 13.8 Å². The van der Waals surface area contributed by atoms with Crippen LogP contribution in [0.5, 0.6) is 0 Å². The first-order valence-corrected chi connectivity index (χ1v) is 5.88. The number of nitrogens with zero attached hydrogens (tertiary/aromatic N) is 2. The Balaban J connectivity index is 0.000000606. The average Bonchev–Trinajstić information content (AvgIpc) is 3.15. The highest BCUT2D eigenvalue weighted by molar-refractivity contribution is 5.93. The number of anilines is 1. The van der Waals surface area contributed by atoms with Crippen molar-refractivity contribution in [3.63, 3.8) is 0 Å². The zero-order valence-electron chi connectivity index (χ0n) is 10.5. The van der Waals surface area contributed by atoms with Crippen molar-refractivity contribution in [2.24, 2.45) is 0 Å². The number of hydrogen-bond donors (Lipinski definition) is 0. The third-order valence-electron chi connectivity index (χ3n) is 2.61. The van der Waals surface area contributed by atoms with Crippen molar-refractivity contribution >= 4 is 11.6 Å². The van der Waals surface area contributed by atoms with Crippen LogP contribution in [0.2, 0.25) is 0 Å². The van der Waals surface area contributed by atoms with E-state index in [-0.39, 0.29) is 5.78 Å². The van der Waals surface area contributed by atoms with Crippen LogP contribution in [0.4, 0.5) is 5.82 Å². The van der Waals surface area contributed by atoms with Crippen LogP contribution in [0.1, 0.15) is 44.0 Å². The van der Waals surface area contributed by atoms with Gasteiger partial charge in [0.2, 0.25) is 0 Å². The molecule has 0 saturated heterocycles.